The second-order valence-corrected chi connectivity index (χ2v) is 5.44. The SMILES string of the molecule is O=C(C=Cc1ccncc1)NCCCOc1cccc2cccnc12. The summed E-state index contributed by atoms with van der Waals surface area (Å²) in [6, 6.07) is 13.5. The second-order valence-electron chi connectivity index (χ2n) is 5.44. The van der Waals surface area contributed by atoms with Crippen LogP contribution in [0.5, 0.6) is 5.75 Å². The number of hydrogen-bond donors (Lipinski definition) is 1. The minimum absolute atomic E-state index is 0.122. The van der Waals surface area contributed by atoms with Gasteiger partial charge in [-0.05, 0) is 42.3 Å². The van der Waals surface area contributed by atoms with Crippen molar-refractivity contribution in [1.82, 2.24) is 15.3 Å². The molecule has 0 saturated carbocycles. The van der Waals surface area contributed by atoms with Crippen molar-refractivity contribution in [2.45, 2.75) is 6.42 Å². The lowest BCUT2D eigenvalue weighted by Crippen LogP contribution is -2.23. The highest BCUT2D eigenvalue weighted by molar-refractivity contribution is 5.91. The van der Waals surface area contributed by atoms with E-state index in [9.17, 15) is 4.79 Å². The average molecular weight is 333 g/mol. The molecule has 2 aromatic heterocycles. The van der Waals surface area contributed by atoms with Crippen LogP contribution in [0.4, 0.5) is 0 Å². The minimum atomic E-state index is -0.122. The van der Waals surface area contributed by atoms with E-state index < -0.39 is 0 Å². The zero-order valence-electron chi connectivity index (χ0n) is 13.8. The smallest absolute Gasteiger partial charge is 0.244 e. The molecule has 0 aliphatic carbocycles. The van der Waals surface area contributed by atoms with E-state index in [0.29, 0.717) is 13.2 Å². The Hall–Kier alpha value is -3.21. The van der Waals surface area contributed by atoms with E-state index >= 15 is 0 Å². The molecule has 126 valence electrons. The van der Waals surface area contributed by atoms with E-state index in [-0.39, 0.29) is 5.91 Å². The van der Waals surface area contributed by atoms with E-state index in [1.165, 1.54) is 6.08 Å². The number of nitrogens with one attached hydrogen (secondary N) is 1. The first-order chi connectivity index (χ1) is 12.3. The van der Waals surface area contributed by atoms with E-state index in [1.807, 2.05) is 42.5 Å². The van der Waals surface area contributed by atoms with Gasteiger partial charge in [0.1, 0.15) is 11.3 Å². The summed E-state index contributed by atoms with van der Waals surface area (Å²) in [7, 11) is 0. The molecule has 0 saturated heterocycles. The van der Waals surface area contributed by atoms with E-state index in [2.05, 4.69) is 15.3 Å². The molecular weight excluding hydrogens is 314 g/mol. The van der Waals surface area contributed by atoms with Crippen LogP contribution >= 0.6 is 0 Å². The van der Waals surface area contributed by atoms with Crippen LogP contribution in [-0.4, -0.2) is 29.0 Å². The zero-order chi connectivity index (χ0) is 17.3. The Balaban J connectivity index is 1.41. The third-order valence-corrected chi connectivity index (χ3v) is 3.61. The number of para-hydroxylation sites is 1. The fraction of sp³-hybridized carbons (Fsp3) is 0.150. The molecule has 5 nitrogen and oxygen atoms in total. The van der Waals surface area contributed by atoms with Gasteiger partial charge in [-0.3, -0.25) is 14.8 Å². The minimum Gasteiger partial charge on any atom is -0.491 e. The highest BCUT2D eigenvalue weighted by Crippen LogP contribution is 2.22. The Morgan fingerprint density at radius 2 is 1.92 bits per heavy atom. The molecule has 0 radical (unpaired) electrons. The molecule has 5 heteroatoms. The zero-order valence-corrected chi connectivity index (χ0v) is 13.8. The predicted octanol–water partition coefficient (Wildman–Crippen LogP) is 3.23. The molecule has 0 bridgehead atoms. The van der Waals surface area contributed by atoms with Gasteiger partial charge < -0.3 is 10.1 Å². The average Bonchev–Trinajstić information content (AvgIpc) is 2.67. The normalized spacial score (nSPS) is 10.9. The van der Waals surface area contributed by atoms with Crippen LogP contribution in [0.2, 0.25) is 0 Å². The van der Waals surface area contributed by atoms with Crippen LogP contribution in [0.25, 0.3) is 17.0 Å². The summed E-state index contributed by atoms with van der Waals surface area (Å²) < 4.78 is 5.79. The van der Waals surface area contributed by atoms with Gasteiger partial charge in [0, 0.05) is 36.6 Å². The molecule has 0 fully saturated rings. The van der Waals surface area contributed by atoms with Crippen molar-refractivity contribution in [1.29, 1.82) is 0 Å². The number of hydrogen-bond acceptors (Lipinski definition) is 4. The Morgan fingerprint density at radius 1 is 1.08 bits per heavy atom. The van der Waals surface area contributed by atoms with E-state index in [0.717, 1.165) is 28.6 Å². The highest BCUT2D eigenvalue weighted by Gasteiger charge is 2.02. The van der Waals surface area contributed by atoms with Gasteiger partial charge in [0.25, 0.3) is 0 Å². The monoisotopic (exact) mass is 333 g/mol. The van der Waals surface area contributed by atoms with Gasteiger partial charge in [-0.15, -0.1) is 0 Å². The maximum Gasteiger partial charge on any atom is 0.244 e. The van der Waals surface area contributed by atoms with Crippen LogP contribution < -0.4 is 10.1 Å². The maximum atomic E-state index is 11.8. The molecular formula is C20H19N3O2. The third kappa shape index (κ3) is 4.88. The fourth-order valence-corrected chi connectivity index (χ4v) is 2.36. The predicted molar refractivity (Wildman–Crippen MR) is 98.1 cm³/mol. The number of carbonyl (C=O) groups is 1. The van der Waals surface area contributed by atoms with Gasteiger partial charge >= 0.3 is 0 Å². The van der Waals surface area contributed by atoms with Crippen molar-refractivity contribution < 1.29 is 9.53 Å². The van der Waals surface area contributed by atoms with Crippen molar-refractivity contribution in [3.63, 3.8) is 0 Å². The number of nitrogens with zero attached hydrogens (tertiary/aromatic N) is 2. The first kappa shape index (κ1) is 16.6. The molecule has 0 atom stereocenters. The summed E-state index contributed by atoms with van der Waals surface area (Å²) in [5, 5.41) is 3.89. The molecule has 1 aromatic carbocycles. The Morgan fingerprint density at radius 3 is 2.80 bits per heavy atom. The number of pyridine rings is 2. The summed E-state index contributed by atoms with van der Waals surface area (Å²) in [6.07, 6.45) is 9.14. The Kier molecular flexibility index (Phi) is 5.72. The lowest BCUT2D eigenvalue weighted by Gasteiger charge is -2.08. The maximum absolute atomic E-state index is 11.8. The van der Waals surface area contributed by atoms with Gasteiger partial charge in [-0.25, -0.2) is 0 Å². The van der Waals surface area contributed by atoms with Crippen LogP contribution in [0.3, 0.4) is 0 Å². The van der Waals surface area contributed by atoms with Gasteiger partial charge in [0.2, 0.25) is 5.91 Å². The van der Waals surface area contributed by atoms with Crippen molar-refractivity contribution in [2.75, 3.05) is 13.2 Å². The van der Waals surface area contributed by atoms with Gasteiger partial charge in [0.05, 0.1) is 6.61 Å². The van der Waals surface area contributed by atoms with Gasteiger partial charge in [0.15, 0.2) is 0 Å². The quantitative estimate of drug-likeness (QED) is 0.532. The number of carbonyl (C=O) groups excluding carboxylic acids is 1. The van der Waals surface area contributed by atoms with Crippen LogP contribution in [-0.2, 0) is 4.79 Å². The lowest BCUT2D eigenvalue weighted by atomic mass is 10.2. The van der Waals surface area contributed by atoms with Crippen molar-refractivity contribution in [3.8, 4) is 5.75 Å². The van der Waals surface area contributed by atoms with Crippen molar-refractivity contribution in [2.24, 2.45) is 0 Å². The number of amides is 1. The van der Waals surface area contributed by atoms with E-state index in [1.54, 1.807) is 24.7 Å². The van der Waals surface area contributed by atoms with Crippen LogP contribution in [0.1, 0.15) is 12.0 Å². The highest BCUT2D eigenvalue weighted by atomic mass is 16.5. The molecule has 0 aliphatic heterocycles. The molecule has 2 heterocycles. The summed E-state index contributed by atoms with van der Waals surface area (Å²) in [5.41, 5.74) is 1.80. The number of benzene rings is 1. The van der Waals surface area contributed by atoms with Gasteiger partial charge in [-0.2, -0.15) is 0 Å². The van der Waals surface area contributed by atoms with Crippen molar-refractivity contribution >= 4 is 22.9 Å². The standard InChI is InChI=1S/C20H19N3O2/c24-19(8-7-16-9-13-21-14-10-16)22-12-3-15-25-18-6-1-4-17-5-2-11-23-20(17)18/h1-2,4-11,13-14H,3,12,15H2,(H,22,24). The molecule has 0 unspecified atom stereocenters. The first-order valence-corrected chi connectivity index (χ1v) is 8.15. The molecule has 0 aliphatic rings. The van der Waals surface area contributed by atoms with Gasteiger partial charge in [-0.1, -0.05) is 18.2 Å². The number of fused-ring (bicyclic) bond motifs is 1. The molecule has 1 amide bonds. The largest absolute Gasteiger partial charge is 0.491 e. The number of ether oxygens (including phenoxy) is 1. The topological polar surface area (TPSA) is 64.1 Å². The van der Waals surface area contributed by atoms with E-state index in [4.69, 9.17) is 4.74 Å². The summed E-state index contributed by atoms with van der Waals surface area (Å²) in [4.78, 5) is 20.0. The molecule has 0 spiro atoms. The fourth-order valence-electron chi connectivity index (χ4n) is 2.36. The van der Waals surface area contributed by atoms with Crippen LogP contribution in [0, 0.1) is 0 Å². The molecule has 1 N–H and O–H groups in total. The first-order valence-electron chi connectivity index (χ1n) is 8.15. The Labute approximate surface area is 146 Å². The number of aromatic nitrogens is 2. The third-order valence-electron chi connectivity index (χ3n) is 3.61. The Bertz CT molecular complexity index is 858. The molecule has 3 rings (SSSR count). The molecule has 25 heavy (non-hydrogen) atoms. The summed E-state index contributed by atoms with van der Waals surface area (Å²) >= 11 is 0. The summed E-state index contributed by atoms with van der Waals surface area (Å²) in [5.74, 6) is 0.644. The second kappa shape index (κ2) is 8.59. The molecule has 3 aromatic rings. The summed E-state index contributed by atoms with van der Waals surface area (Å²) in [6.45, 7) is 1.07. The lowest BCUT2D eigenvalue weighted by molar-refractivity contribution is -0.116. The van der Waals surface area contributed by atoms with Crippen LogP contribution in [0.15, 0.2) is 67.1 Å². The van der Waals surface area contributed by atoms with Crippen molar-refractivity contribution in [3.05, 3.63) is 72.7 Å². The number of rotatable bonds is 7.